The molecule has 0 spiro atoms. The van der Waals surface area contributed by atoms with Crippen molar-refractivity contribution in [1.82, 2.24) is 15.3 Å². The minimum Gasteiger partial charge on any atom is -0.495 e. The minimum atomic E-state index is -0.462. The number of carbonyl (C=O) groups is 2. The first kappa shape index (κ1) is 34.4. The van der Waals surface area contributed by atoms with E-state index in [4.69, 9.17) is 29.0 Å². The molecule has 0 aliphatic heterocycles. The van der Waals surface area contributed by atoms with Crippen LogP contribution in [0, 0.1) is 18.8 Å². The second kappa shape index (κ2) is 16.3. The van der Waals surface area contributed by atoms with Crippen molar-refractivity contribution in [1.29, 1.82) is 0 Å². The molecule has 3 aromatic rings. The van der Waals surface area contributed by atoms with Crippen LogP contribution in [0.25, 0.3) is 11.3 Å². The highest BCUT2D eigenvalue weighted by molar-refractivity contribution is 5.95. The molecule has 2 N–H and O–H groups in total. The lowest BCUT2D eigenvalue weighted by atomic mass is 9.79. The maximum atomic E-state index is 14.3. The number of benzene rings is 1. The summed E-state index contributed by atoms with van der Waals surface area (Å²) >= 11 is 0. The summed E-state index contributed by atoms with van der Waals surface area (Å²) in [4.78, 5) is 38.0. The molecule has 0 saturated heterocycles. The lowest BCUT2D eigenvalue weighted by Gasteiger charge is -2.36. The molecule has 0 bridgehead atoms. The minimum absolute atomic E-state index is 0.0193. The van der Waals surface area contributed by atoms with Crippen LogP contribution < -0.4 is 15.0 Å². The van der Waals surface area contributed by atoms with Gasteiger partial charge in [0.05, 0.1) is 12.8 Å². The molecule has 0 unspecified atom stereocenters. The van der Waals surface area contributed by atoms with Crippen LogP contribution in [0.3, 0.4) is 0 Å². The summed E-state index contributed by atoms with van der Waals surface area (Å²) in [5.74, 6) is 2.46. The smallest absolute Gasteiger partial charge is 0.407 e. The van der Waals surface area contributed by atoms with Crippen LogP contribution in [0.5, 0.6) is 5.75 Å². The molecule has 254 valence electrons. The van der Waals surface area contributed by atoms with E-state index in [1.54, 1.807) is 13.4 Å². The van der Waals surface area contributed by atoms with E-state index in [0.29, 0.717) is 62.9 Å². The molecule has 0 radical (unpaired) electrons. The average Bonchev–Trinajstić information content (AvgIpc) is 3.59. The maximum Gasteiger partial charge on any atom is 0.407 e. The van der Waals surface area contributed by atoms with Gasteiger partial charge in [-0.2, -0.15) is 0 Å². The number of aromatic nitrogens is 2. The van der Waals surface area contributed by atoms with Gasteiger partial charge in [0.25, 0.3) is 0 Å². The number of aliphatic hydroxyl groups excluding tert-OH is 1. The van der Waals surface area contributed by atoms with Crippen LogP contribution in [0.2, 0.25) is 0 Å². The summed E-state index contributed by atoms with van der Waals surface area (Å²) in [5, 5.41) is 11.6. The predicted octanol–water partition coefficient (Wildman–Crippen LogP) is 7.15. The lowest BCUT2D eigenvalue weighted by molar-refractivity contribution is -0.124. The van der Waals surface area contributed by atoms with Crippen LogP contribution in [-0.2, 0) is 9.53 Å². The highest BCUT2D eigenvalue weighted by Crippen LogP contribution is 2.38. The molecule has 5 rings (SSSR count). The maximum absolute atomic E-state index is 14.3. The molecule has 1 aromatic carbocycles. The summed E-state index contributed by atoms with van der Waals surface area (Å²) in [6.45, 7) is 7.15. The zero-order valence-corrected chi connectivity index (χ0v) is 28.2. The van der Waals surface area contributed by atoms with Gasteiger partial charge in [0.2, 0.25) is 5.91 Å². The van der Waals surface area contributed by atoms with Gasteiger partial charge in [-0.1, -0.05) is 26.0 Å². The van der Waals surface area contributed by atoms with Gasteiger partial charge in [0.1, 0.15) is 23.8 Å². The highest BCUT2D eigenvalue weighted by atomic mass is 16.6. The largest absolute Gasteiger partial charge is 0.495 e. The Bertz CT molecular complexity index is 1470. The molecule has 2 aromatic heterocycles. The van der Waals surface area contributed by atoms with Crippen LogP contribution in [0.15, 0.2) is 47.1 Å². The molecular formula is C37H50N4O6. The van der Waals surface area contributed by atoms with Gasteiger partial charge < -0.3 is 29.2 Å². The number of carbonyl (C=O) groups excluding carboxylic acids is 2. The van der Waals surface area contributed by atoms with Gasteiger partial charge in [-0.05, 0) is 94.9 Å². The zero-order valence-electron chi connectivity index (χ0n) is 28.2. The van der Waals surface area contributed by atoms with E-state index < -0.39 is 6.09 Å². The molecule has 0 atom stereocenters. The number of rotatable bonds is 12. The first-order valence-electron chi connectivity index (χ1n) is 17.2. The van der Waals surface area contributed by atoms with Gasteiger partial charge in [-0.15, -0.1) is 0 Å². The van der Waals surface area contributed by atoms with E-state index in [1.807, 2.05) is 36.1 Å². The summed E-state index contributed by atoms with van der Waals surface area (Å²) in [6.07, 6.45) is 8.24. The van der Waals surface area contributed by atoms with Gasteiger partial charge >= 0.3 is 6.09 Å². The number of methoxy groups -OCH3 is 1. The van der Waals surface area contributed by atoms with Gasteiger partial charge in [-0.3, -0.25) is 9.78 Å². The SMILES string of the molecule is COc1ccc([C@H]2CC[C@H](CN(C(=O)C3CCC(OC(=O)NCCCO)CC3)c3cccc(-c4coc(C(C)C)n4)c3)CC2)nc1C. The van der Waals surface area contributed by atoms with E-state index in [9.17, 15) is 9.59 Å². The van der Waals surface area contributed by atoms with E-state index >= 15 is 0 Å². The van der Waals surface area contributed by atoms with Gasteiger partial charge in [0.15, 0.2) is 5.89 Å². The fourth-order valence-electron chi connectivity index (χ4n) is 6.86. The standard InChI is InChI=1S/C37H50N4O6/c1-24(2)35-40-33(23-46-35)29-7-5-8-30(21-29)41(36(43)28-13-15-31(16-14-28)47-37(44)38-19-6-20-42)22-26-9-11-27(12-10-26)32-17-18-34(45-4)25(3)39-32/h5,7-8,17-18,21,23-24,26-28,31,42H,6,9-16,19-20,22H2,1-4H3,(H,38,44)/t26-,27-,28?,31?. The molecule has 2 saturated carbocycles. The highest BCUT2D eigenvalue weighted by Gasteiger charge is 2.34. The number of hydrogen-bond acceptors (Lipinski definition) is 8. The molecule has 2 amide bonds. The number of ether oxygens (including phenoxy) is 2. The number of pyridine rings is 1. The summed E-state index contributed by atoms with van der Waals surface area (Å²) in [7, 11) is 1.67. The van der Waals surface area contributed by atoms with Crippen molar-refractivity contribution in [3.63, 3.8) is 0 Å². The molecule has 2 fully saturated rings. The number of aliphatic hydroxyl groups is 1. The third-order valence-electron chi connectivity index (χ3n) is 9.62. The van der Waals surface area contributed by atoms with Crippen LogP contribution >= 0.6 is 0 Å². The Morgan fingerprint density at radius 2 is 1.81 bits per heavy atom. The Hall–Kier alpha value is -3.92. The van der Waals surface area contributed by atoms with Crippen molar-refractivity contribution in [3.8, 4) is 17.0 Å². The molecule has 2 aliphatic rings. The predicted molar refractivity (Wildman–Crippen MR) is 181 cm³/mol. The fourth-order valence-corrected chi connectivity index (χ4v) is 6.86. The number of anilines is 1. The van der Waals surface area contributed by atoms with Crippen molar-refractivity contribution in [2.45, 2.75) is 96.5 Å². The topological polar surface area (TPSA) is 127 Å². The number of nitrogens with zero attached hydrogens (tertiary/aromatic N) is 3. The number of nitrogens with one attached hydrogen (secondary N) is 1. The zero-order chi connectivity index (χ0) is 33.3. The monoisotopic (exact) mass is 646 g/mol. The van der Waals surface area contributed by atoms with Gasteiger partial charge in [0, 0.05) is 54.4 Å². The van der Waals surface area contributed by atoms with E-state index in [1.165, 1.54) is 0 Å². The van der Waals surface area contributed by atoms with E-state index in [2.05, 4.69) is 31.3 Å². The van der Waals surface area contributed by atoms with Crippen molar-refractivity contribution in [2.24, 2.45) is 11.8 Å². The molecule has 10 heteroatoms. The molecule has 10 nitrogen and oxygen atoms in total. The Balaban J connectivity index is 1.28. The number of hydrogen-bond donors (Lipinski definition) is 2. The summed E-state index contributed by atoms with van der Waals surface area (Å²) in [6, 6.07) is 12.2. The fraction of sp³-hybridized carbons (Fsp3) is 0.568. The average molecular weight is 647 g/mol. The van der Waals surface area contributed by atoms with Crippen molar-refractivity contribution >= 4 is 17.7 Å². The van der Waals surface area contributed by atoms with Crippen molar-refractivity contribution < 1.29 is 28.6 Å². The first-order chi connectivity index (χ1) is 22.7. The Labute approximate surface area is 278 Å². The Kier molecular flexibility index (Phi) is 11.9. The molecular weight excluding hydrogens is 596 g/mol. The summed E-state index contributed by atoms with van der Waals surface area (Å²) in [5.41, 5.74) is 4.60. The van der Waals surface area contributed by atoms with Crippen LogP contribution in [0.4, 0.5) is 10.5 Å². The van der Waals surface area contributed by atoms with Gasteiger partial charge in [-0.25, -0.2) is 9.78 Å². The van der Waals surface area contributed by atoms with Crippen molar-refractivity contribution in [3.05, 3.63) is 59.9 Å². The normalized spacial score (nSPS) is 21.3. The van der Waals surface area contributed by atoms with E-state index in [0.717, 1.165) is 59.8 Å². The molecule has 47 heavy (non-hydrogen) atoms. The second-order valence-electron chi connectivity index (χ2n) is 13.3. The van der Waals surface area contributed by atoms with Crippen molar-refractivity contribution in [2.75, 3.05) is 31.7 Å². The lowest BCUT2D eigenvalue weighted by Crippen LogP contribution is -2.42. The van der Waals surface area contributed by atoms with Crippen LogP contribution in [0.1, 0.15) is 101 Å². The third-order valence-corrected chi connectivity index (χ3v) is 9.62. The number of alkyl carbamates (subject to hydrolysis) is 1. The Morgan fingerprint density at radius 3 is 2.47 bits per heavy atom. The summed E-state index contributed by atoms with van der Waals surface area (Å²) < 4.78 is 16.7. The first-order valence-corrected chi connectivity index (χ1v) is 17.2. The molecule has 2 heterocycles. The quantitative estimate of drug-likeness (QED) is 0.199. The molecule has 2 aliphatic carbocycles. The van der Waals surface area contributed by atoms with Crippen LogP contribution in [-0.4, -0.2) is 60.0 Å². The number of aryl methyl sites for hydroxylation is 1. The number of amides is 2. The number of oxazole rings is 1. The second-order valence-corrected chi connectivity index (χ2v) is 13.3. The Morgan fingerprint density at radius 1 is 1.04 bits per heavy atom. The third kappa shape index (κ3) is 8.91. The van der Waals surface area contributed by atoms with E-state index in [-0.39, 0.29) is 30.5 Å².